The van der Waals surface area contributed by atoms with Gasteiger partial charge in [-0.3, -0.25) is 10.1 Å². The number of pyridine rings is 1. The lowest BCUT2D eigenvalue weighted by molar-refractivity contribution is -0.110. The number of carbonyl (C=O) groups excluding carboxylic acids is 1. The number of carbonyl (C=O) groups is 1. The van der Waals surface area contributed by atoms with Gasteiger partial charge in [-0.2, -0.15) is 0 Å². The number of methoxy groups -OCH3 is 1. The van der Waals surface area contributed by atoms with Crippen molar-refractivity contribution in [2.75, 3.05) is 52.0 Å². The molecule has 0 radical (unpaired) electrons. The van der Waals surface area contributed by atoms with Crippen molar-refractivity contribution in [2.45, 2.75) is 24.3 Å². The number of amides is 1. The number of thiazole rings is 1. The number of hydrogen-bond acceptors (Lipinski definition) is 13. The van der Waals surface area contributed by atoms with Crippen LogP contribution < -0.4 is 10.1 Å². The number of anilines is 1. The van der Waals surface area contributed by atoms with E-state index in [0.29, 0.717) is 52.4 Å². The van der Waals surface area contributed by atoms with Crippen LogP contribution in [-0.2, 0) is 30.8 Å². The van der Waals surface area contributed by atoms with Crippen LogP contribution in [0.2, 0.25) is 0 Å². The van der Waals surface area contributed by atoms with Gasteiger partial charge in [0.25, 0.3) is 5.91 Å². The van der Waals surface area contributed by atoms with E-state index in [1.54, 1.807) is 30.6 Å². The van der Waals surface area contributed by atoms with Gasteiger partial charge in [0.15, 0.2) is 33.1 Å². The van der Waals surface area contributed by atoms with Gasteiger partial charge in [-0.05, 0) is 51.2 Å². The molecule has 0 bridgehead atoms. The van der Waals surface area contributed by atoms with Crippen molar-refractivity contribution >= 4 is 48.3 Å². The summed E-state index contributed by atoms with van der Waals surface area (Å²) in [5.74, 6) is 0.184. The third-order valence-electron chi connectivity index (χ3n) is 5.88. The number of nitrogens with one attached hydrogen (secondary N) is 1. The Labute approximate surface area is 253 Å². The minimum Gasteiger partial charge on any atom is -0.478 e. The second kappa shape index (κ2) is 15.4. The molecule has 1 amide bonds. The second-order valence-corrected chi connectivity index (χ2v) is 12.6. The molecule has 0 aliphatic carbocycles. The number of fused-ring (bicyclic) bond motifs is 1. The van der Waals surface area contributed by atoms with Crippen LogP contribution in [0.1, 0.15) is 24.2 Å². The van der Waals surface area contributed by atoms with E-state index in [2.05, 4.69) is 35.3 Å². The highest BCUT2D eigenvalue weighted by molar-refractivity contribution is 7.91. The number of ether oxygens (including phenoxy) is 2. The maximum absolute atomic E-state index is 13.4. The Balaban J connectivity index is 1.51. The SMILES string of the molecule is COCCCS(=O)(=O)c1ccc(C(=NOCc2ncccn2)C(=O)Nc2nc3ccc(OCCCN(C)C)nc3s2)cc1. The second-order valence-electron chi connectivity index (χ2n) is 9.52. The number of oxime groups is 1. The highest BCUT2D eigenvalue weighted by atomic mass is 32.2. The molecule has 1 aromatic carbocycles. The Bertz CT molecular complexity index is 1630. The van der Waals surface area contributed by atoms with Gasteiger partial charge in [0.05, 0.1) is 17.3 Å². The molecule has 228 valence electrons. The first-order chi connectivity index (χ1) is 20.7. The predicted molar refractivity (Wildman–Crippen MR) is 163 cm³/mol. The zero-order valence-corrected chi connectivity index (χ0v) is 25.7. The Kier molecular flexibility index (Phi) is 11.4. The monoisotopic (exact) mass is 627 g/mol. The summed E-state index contributed by atoms with van der Waals surface area (Å²) in [4.78, 5) is 38.8. The van der Waals surface area contributed by atoms with Gasteiger partial charge in [-0.25, -0.2) is 28.4 Å². The van der Waals surface area contributed by atoms with Crippen LogP contribution in [-0.4, -0.2) is 91.6 Å². The van der Waals surface area contributed by atoms with Crippen LogP contribution in [0, 0.1) is 0 Å². The van der Waals surface area contributed by atoms with Crippen molar-refractivity contribution in [1.82, 2.24) is 24.8 Å². The number of nitrogens with zero attached hydrogens (tertiary/aromatic N) is 6. The summed E-state index contributed by atoms with van der Waals surface area (Å²) in [5, 5.41) is 7.11. The Morgan fingerprint density at radius 3 is 2.51 bits per heavy atom. The van der Waals surface area contributed by atoms with E-state index < -0.39 is 15.7 Å². The fourth-order valence-electron chi connectivity index (χ4n) is 3.76. The Morgan fingerprint density at radius 2 is 1.79 bits per heavy atom. The first kappa shape index (κ1) is 31.9. The summed E-state index contributed by atoms with van der Waals surface area (Å²) < 4.78 is 36.1. The van der Waals surface area contributed by atoms with Gasteiger partial charge in [0.1, 0.15) is 10.3 Å². The topological polar surface area (TPSA) is 158 Å². The van der Waals surface area contributed by atoms with Gasteiger partial charge >= 0.3 is 0 Å². The van der Waals surface area contributed by atoms with Crippen LogP contribution >= 0.6 is 11.3 Å². The van der Waals surface area contributed by atoms with Crippen molar-refractivity contribution in [3.05, 3.63) is 66.2 Å². The highest BCUT2D eigenvalue weighted by Crippen LogP contribution is 2.26. The lowest BCUT2D eigenvalue weighted by Gasteiger charge is -2.09. The molecule has 0 atom stereocenters. The van der Waals surface area contributed by atoms with E-state index in [1.165, 1.54) is 42.7 Å². The van der Waals surface area contributed by atoms with Gasteiger partial charge in [-0.15, -0.1) is 0 Å². The third kappa shape index (κ3) is 9.47. The van der Waals surface area contributed by atoms with E-state index >= 15 is 0 Å². The number of benzene rings is 1. The van der Waals surface area contributed by atoms with Crippen LogP contribution in [0.5, 0.6) is 5.88 Å². The largest absolute Gasteiger partial charge is 0.478 e. The smallest absolute Gasteiger partial charge is 0.280 e. The number of sulfone groups is 1. The van der Waals surface area contributed by atoms with Crippen molar-refractivity contribution in [2.24, 2.45) is 5.16 Å². The van der Waals surface area contributed by atoms with Crippen LogP contribution in [0.15, 0.2) is 64.9 Å². The average Bonchev–Trinajstić information content (AvgIpc) is 3.39. The fraction of sp³-hybridized carbons (Fsp3) is 0.357. The zero-order chi connectivity index (χ0) is 30.7. The van der Waals surface area contributed by atoms with Gasteiger partial charge in [-0.1, -0.05) is 28.6 Å². The molecule has 15 heteroatoms. The van der Waals surface area contributed by atoms with E-state index in [9.17, 15) is 13.2 Å². The predicted octanol–water partition coefficient (Wildman–Crippen LogP) is 3.18. The van der Waals surface area contributed by atoms with E-state index in [0.717, 1.165) is 13.0 Å². The summed E-state index contributed by atoms with van der Waals surface area (Å²) in [6, 6.07) is 11.1. The van der Waals surface area contributed by atoms with E-state index in [4.69, 9.17) is 14.3 Å². The summed E-state index contributed by atoms with van der Waals surface area (Å²) >= 11 is 1.18. The first-order valence-electron chi connectivity index (χ1n) is 13.4. The molecule has 3 heterocycles. The average molecular weight is 628 g/mol. The number of rotatable bonds is 16. The standard InChI is InChI=1S/C28H33N7O6S2/c1-35(2)15-5-17-40-24-12-11-22-27(32-24)42-28(31-22)33-26(36)25(34-41-19-23-29-13-4-14-30-23)20-7-9-21(10-8-20)43(37,38)18-6-16-39-3/h4,7-14H,5-6,15-19H2,1-3H3,(H,31,33,36). The molecule has 43 heavy (non-hydrogen) atoms. The molecule has 0 fully saturated rings. The molecular formula is C28H33N7O6S2. The molecule has 0 saturated heterocycles. The maximum atomic E-state index is 13.4. The lowest BCUT2D eigenvalue weighted by atomic mass is 10.1. The lowest BCUT2D eigenvalue weighted by Crippen LogP contribution is -2.24. The molecule has 0 aliphatic rings. The normalized spacial score (nSPS) is 12.0. The number of hydrogen-bond donors (Lipinski definition) is 1. The molecule has 1 N–H and O–H groups in total. The molecule has 4 aromatic rings. The molecule has 4 rings (SSSR count). The third-order valence-corrected chi connectivity index (χ3v) is 8.58. The van der Waals surface area contributed by atoms with Gasteiger partial charge in [0.2, 0.25) is 5.88 Å². The zero-order valence-electron chi connectivity index (χ0n) is 24.1. The quantitative estimate of drug-likeness (QED) is 0.110. The molecule has 0 aliphatic heterocycles. The molecule has 0 spiro atoms. The molecule has 0 saturated carbocycles. The molecular weight excluding hydrogens is 594 g/mol. The van der Waals surface area contributed by atoms with E-state index in [1.807, 2.05) is 14.1 Å². The van der Waals surface area contributed by atoms with Crippen LogP contribution in [0.3, 0.4) is 0 Å². The Morgan fingerprint density at radius 1 is 1.02 bits per heavy atom. The van der Waals surface area contributed by atoms with Crippen molar-refractivity contribution in [3.63, 3.8) is 0 Å². The summed E-state index contributed by atoms with van der Waals surface area (Å²) in [6.45, 7) is 1.69. The molecule has 13 nitrogen and oxygen atoms in total. The maximum Gasteiger partial charge on any atom is 0.280 e. The van der Waals surface area contributed by atoms with Gasteiger partial charge < -0.3 is 19.2 Å². The van der Waals surface area contributed by atoms with Gasteiger partial charge in [0, 0.05) is 44.3 Å². The number of aromatic nitrogens is 4. The van der Waals surface area contributed by atoms with Crippen molar-refractivity contribution < 1.29 is 27.5 Å². The van der Waals surface area contributed by atoms with Crippen molar-refractivity contribution in [3.8, 4) is 5.88 Å². The molecule has 0 unspecified atom stereocenters. The minimum absolute atomic E-state index is 0.0592. The van der Waals surface area contributed by atoms with E-state index in [-0.39, 0.29) is 23.0 Å². The highest BCUT2D eigenvalue weighted by Gasteiger charge is 2.20. The summed E-state index contributed by atoms with van der Waals surface area (Å²) in [5.41, 5.74) is 0.853. The summed E-state index contributed by atoms with van der Waals surface area (Å²) in [7, 11) is 2.00. The minimum atomic E-state index is -3.52. The molecule has 3 aromatic heterocycles. The van der Waals surface area contributed by atoms with Crippen LogP contribution in [0.4, 0.5) is 5.13 Å². The Hall–Kier alpha value is -4.05. The summed E-state index contributed by atoms with van der Waals surface area (Å²) in [6.07, 6.45) is 4.36. The van der Waals surface area contributed by atoms with Crippen molar-refractivity contribution in [1.29, 1.82) is 0 Å². The fourth-order valence-corrected chi connectivity index (χ4v) is 5.87. The van der Waals surface area contributed by atoms with Crippen LogP contribution in [0.25, 0.3) is 10.3 Å². The first-order valence-corrected chi connectivity index (χ1v) is 15.9.